The second-order valence-corrected chi connectivity index (χ2v) is 5.49. The van der Waals surface area contributed by atoms with Crippen LogP contribution in [-0.2, 0) is 4.74 Å². The summed E-state index contributed by atoms with van der Waals surface area (Å²) in [6, 6.07) is 3.86. The summed E-state index contributed by atoms with van der Waals surface area (Å²) in [6.45, 7) is 7.12. The Morgan fingerprint density at radius 2 is 2.37 bits per heavy atom. The number of carbonyl (C=O) groups is 1. The number of ether oxygens (including phenoxy) is 1. The predicted molar refractivity (Wildman–Crippen MR) is 74.0 cm³/mol. The molecule has 1 heterocycles. The number of nitrogens with two attached hydrogens (primary N) is 1. The minimum absolute atomic E-state index is 0.0756. The van der Waals surface area contributed by atoms with Gasteiger partial charge in [0.05, 0.1) is 6.10 Å². The van der Waals surface area contributed by atoms with Crippen LogP contribution in [0.25, 0.3) is 0 Å². The number of anilines is 1. The van der Waals surface area contributed by atoms with Crippen molar-refractivity contribution < 1.29 is 9.53 Å². The highest BCUT2D eigenvalue weighted by molar-refractivity contribution is 5.91. The lowest BCUT2D eigenvalue weighted by atomic mass is 9.64. The fourth-order valence-electron chi connectivity index (χ4n) is 2.47. The van der Waals surface area contributed by atoms with Crippen LogP contribution in [0.1, 0.15) is 37.7 Å². The van der Waals surface area contributed by atoms with Gasteiger partial charge in [-0.15, -0.1) is 0 Å². The van der Waals surface area contributed by atoms with E-state index >= 15 is 0 Å². The maximum atomic E-state index is 11.1. The van der Waals surface area contributed by atoms with Gasteiger partial charge in [0.2, 0.25) is 0 Å². The van der Waals surface area contributed by atoms with E-state index in [0.29, 0.717) is 6.04 Å². The Morgan fingerprint density at radius 3 is 2.95 bits per heavy atom. The maximum Gasteiger partial charge on any atom is 0.267 e. The van der Waals surface area contributed by atoms with Crippen molar-refractivity contribution >= 4 is 11.6 Å². The summed E-state index contributed by atoms with van der Waals surface area (Å²) >= 11 is 0. The standard InChI is InChI=1S/C14H21N3O2/c1-4-19-12-8-11(14(12,2)3)17-9-5-6-16-10(7-9)13(15)18/h5-7,11-12H,4,8H2,1-3H3,(H2,15,18)(H,16,17). The SMILES string of the molecule is CCOC1CC(Nc2ccnc(C(N)=O)c2)C1(C)C. The molecule has 1 saturated carbocycles. The van der Waals surface area contributed by atoms with Gasteiger partial charge in [-0.05, 0) is 25.5 Å². The summed E-state index contributed by atoms with van der Waals surface area (Å²) < 4.78 is 5.70. The number of amides is 1. The first-order valence-electron chi connectivity index (χ1n) is 6.59. The second-order valence-electron chi connectivity index (χ2n) is 5.49. The number of pyridine rings is 1. The lowest BCUT2D eigenvalue weighted by Crippen LogP contribution is -2.58. The van der Waals surface area contributed by atoms with E-state index in [0.717, 1.165) is 18.7 Å². The van der Waals surface area contributed by atoms with Crippen molar-refractivity contribution in [1.29, 1.82) is 0 Å². The van der Waals surface area contributed by atoms with Crippen molar-refractivity contribution in [2.45, 2.75) is 39.3 Å². The molecule has 5 nitrogen and oxygen atoms in total. The van der Waals surface area contributed by atoms with Crippen LogP contribution < -0.4 is 11.1 Å². The van der Waals surface area contributed by atoms with Crippen molar-refractivity contribution in [2.24, 2.45) is 11.1 Å². The van der Waals surface area contributed by atoms with Crippen LogP contribution in [0.15, 0.2) is 18.3 Å². The molecule has 0 spiro atoms. The molecule has 1 aliphatic carbocycles. The van der Waals surface area contributed by atoms with Crippen LogP contribution in [0.2, 0.25) is 0 Å². The lowest BCUT2D eigenvalue weighted by molar-refractivity contribution is -0.0975. The number of aromatic nitrogens is 1. The van der Waals surface area contributed by atoms with Crippen molar-refractivity contribution in [3.05, 3.63) is 24.0 Å². The number of carbonyl (C=O) groups excluding carboxylic acids is 1. The van der Waals surface area contributed by atoms with Gasteiger partial charge in [0.15, 0.2) is 0 Å². The van der Waals surface area contributed by atoms with Gasteiger partial charge in [-0.25, -0.2) is 0 Å². The molecule has 2 unspecified atom stereocenters. The van der Waals surface area contributed by atoms with E-state index < -0.39 is 5.91 Å². The molecule has 104 valence electrons. The molecule has 1 aromatic rings. The number of primary amides is 1. The molecule has 0 radical (unpaired) electrons. The van der Waals surface area contributed by atoms with Crippen molar-refractivity contribution in [2.75, 3.05) is 11.9 Å². The zero-order valence-electron chi connectivity index (χ0n) is 11.6. The molecular formula is C14H21N3O2. The highest BCUT2D eigenvalue weighted by Crippen LogP contribution is 2.44. The van der Waals surface area contributed by atoms with E-state index in [-0.39, 0.29) is 17.2 Å². The third-order valence-corrected chi connectivity index (χ3v) is 3.90. The van der Waals surface area contributed by atoms with E-state index in [1.165, 1.54) is 0 Å². The predicted octanol–water partition coefficient (Wildman–Crippen LogP) is 1.80. The summed E-state index contributed by atoms with van der Waals surface area (Å²) in [4.78, 5) is 15.0. The summed E-state index contributed by atoms with van der Waals surface area (Å²) in [7, 11) is 0. The first-order valence-corrected chi connectivity index (χ1v) is 6.59. The monoisotopic (exact) mass is 263 g/mol. The van der Waals surface area contributed by atoms with Gasteiger partial charge in [0.25, 0.3) is 5.91 Å². The van der Waals surface area contributed by atoms with Crippen molar-refractivity contribution in [3.63, 3.8) is 0 Å². The first kappa shape index (κ1) is 13.8. The molecule has 19 heavy (non-hydrogen) atoms. The molecule has 0 aromatic carbocycles. The van der Waals surface area contributed by atoms with Crippen LogP contribution in [-0.4, -0.2) is 29.6 Å². The minimum Gasteiger partial charge on any atom is -0.381 e. The Kier molecular flexibility index (Phi) is 3.75. The second kappa shape index (κ2) is 5.17. The molecule has 1 aliphatic rings. The molecule has 2 atom stereocenters. The van der Waals surface area contributed by atoms with Crippen LogP contribution in [0.4, 0.5) is 5.69 Å². The van der Waals surface area contributed by atoms with Gasteiger partial charge in [0, 0.05) is 29.9 Å². The number of nitrogens with one attached hydrogen (secondary N) is 1. The fourth-order valence-corrected chi connectivity index (χ4v) is 2.47. The van der Waals surface area contributed by atoms with Gasteiger partial charge in [-0.1, -0.05) is 13.8 Å². The van der Waals surface area contributed by atoms with Crippen LogP contribution in [0.5, 0.6) is 0 Å². The van der Waals surface area contributed by atoms with Gasteiger partial charge in [-0.2, -0.15) is 0 Å². The largest absolute Gasteiger partial charge is 0.381 e. The summed E-state index contributed by atoms with van der Waals surface area (Å²) in [5, 5.41) is 3.42. The van der Waals surface area contributed by atoms with Gasteiger partial charge in [-0.3, -0.25) is 9.78 Å². The minimum atomic E-state index is -0.510. The fraction of sp³-hybridized carbons (Fsp3) is 0.571. The molecular weight excluding hydrogens is 242 g/mol. The number of nitrogens with zero attached hydrogens (tertiary/aromatic N) is 1. The van der Waals surface area contributed by atoms with E-state index in [1.54, 1.807) is 12.3 Å². The summed E-state index contributed by atoms with van der Waals surface area (Å²) in [6.07, 6.45) is 2.84. The highest BCUT2D eigenvalue weighted by Gasteiger charge is 2.48. The normalized spacial score (nSPS) is 24.6. The van der Waals surface area contributed by atoms with Crippen molar-refractivity contribution in [1.82, 2.24) is 4.98 Å². The Morgan fingerprint density at radius 1 is 1.63 bits per heavy atom. The van der Waals surface area contributed by atoms with Gasteiger partial charge >= 0.3 is 0 Å². The Hall–Kier alpha value is -1.62. The number of hydrogen-bond donors (Lipinski definition) is 2. The average Bonchev–Trinajstić information content (AvgIpc) is 2.38. The van der Waals surface area contributed by atoms with Gasteiger partial charge < -0.3 is 15.8 Å². The third kappa shape index (κ3) is 2.71. The molecule has 1 aromatic heterocycles. The van der Waals surface area contributed by atoms with Crippen LogP contribution in [0.3, 0.4) is 0 Å². The zero-order valence-corrected chi connectivity index (χ0v) is 11.6. The molecule has 0 aliphatic heterocycles. The quantitative estimate of drug-likeness (QED) is 0.849. The molecule has 0 saturated heterocycles. The lowest BCUT2D eigenvalue weighted by Gasteiger charge is -2.52. The van der Waals surface area contributed by atoms with Crippen LogP contribution in [0, 0.1) is 5.41 Å². The smallest absolute Gasteiger partial charge is 0.267 e. The first-order chi connectivity index (χ1) is 8.95. The topological polar surface area (TPSA) is 77.2 Å². The number of rotatable bonds is 5. The Labute approximate surface area is 113 Å². The van der Waals surface area contributed by atoms with E-state index in [2.05, 4.69) is 24.1 Å². The Balaban J connectivity index is 2.03. The average molecular weight is 263 g/mol. The summed E-state index contributed by atoms with van der Waals surface area (Å²) in [5.74, 6) is -0.510. The summed E-state index contributed by atoms with van der Waals surface area (Å²) in [5.41, 5.74) is 6.45. The van der Waals surface area contributed by atoms with E-state index in [1.807, 2.05) is 13.0 Å². The zero-order chi connectivity index (χ0) is 14.0. The van der Waals surface area contributed by atoms with E-state index in [4.69, 9.17) is 10.5 Å². The van der Waals surface area contributed by atoms with E-state index in [9.17, 15) is 4.79 Å². The van der Waals surface area contributed by atoms with Crippen molar-refractivity contribution in [3.8, 4) is 0 Å². The number of hydrogen-bond acceptors (Lipinski definition) is 4. The van der Waals surface area contributed by atoms with Gasteiger partial charge in [0.1, 0.15) is 5.69 Å². The highest BCUT2D eigenvalue weighted by atomic mass is 16.5. The maximum absolute atomic E-state index is 11.1. The molecule has 1 fully saturated rings. The molecule has 5 heteroatoms. The molecule has 2 rings (SSSR count). The molecule has 1 amide bonds. The Bertz CT molecular complexity index is 474. The molecule has 0 bridgehead atoms. The molecule has 3 N–H and O–H groups in total. The van der Waals surface area contributed by atoms with Crippen LogP contribution >= 0.6 is 0 Å². The third-order valence-electron chi connectivity index (χ3n) is 3.90.